The van der Waals surface area contributed by atoms with Gasteiger partial charge in [0.1, 0.15) is 5.54 Å². The van der Waals surface area contributed by atoms with E-state index in [9.17, 15) is 9.90 Å². The molecule has 0 aliphatic carbocycles. The zero-order valence-electron chi connectivity index (χ0n) is 10.5. The molecule has 0 amide bonds. The van der Waals surface area contributed by atoms with Crippen molar-refractivity contribution in [2.24, 2.45) is 0 Å². The number of nitrogens with zero attached hydrogens (tertiary/aromatic N) is 2. The Bertz CT molecular complexity index is 247. The number of hydrogen-bond donors (Lipinski definition) is 2. The van der Waals surface area contributed by atoms with Gasteiger partial charge >= 0.3 is 5.97 Å². The van der Waals surface area contributed by atoms with Crippen molar-refractivity contribution in [3.05, 3.63) is 0 Å². The van der Waals surface area contributed by atoms with Crippen LogP contribution in [-0.2, 0) is 4.79 Å². The lowest BCUT2D eigenvalue weighted by atomic mass is 10.0. The molecule has 1 aliphatic heterocycles. The summed E-state index contributed by atoms with van der Waals surface area (Å²) >= 11 is 0. The first-order chi connectivity index (χ1) is 7.48. The van der Waals surface area contributed by atoms with Crippen LogP contribution in [0.5, 0.6) is 0 Å². The van der Waals surface area contributed by atoms with E-state index in [0.29, 0.717) is 6.54 Å². The second-order valence-corrected chi connectivity index (χ2v) is 4.82. The first-order valence-electron chi connectivity index (χ1n) is 5.81. The highest BCUT2D eigenvalue weighted by Gasteiger charge is 2.33. The summed E-state index contributed by atoms with van der Waals surface area (Å²) < 4.78 is 0. The molecular formula is C11H23N3O2. The zero-order chi connectivity index (χ0) is 12.2. The van der Waals surface area contributed by atoms with Crippen LogP contribution in [0.2, 0.25) is 0 Å². The highest BCUT2D eigenvalue weighted by Crippen LogP contribution is 2.09. The molecule has 0 aromatic heterocycles. The Balaban J connectivity index is 2.54. The minimum Gasteiger partial charge on any atom is -0.480 e. The Labute approximate surface area is 97.4 Å². The van der Waals surface area contributed by atoms with Crippen molar-refractivity contribution in [1.82, 2.24) is 15.1 Å². The number of nitrogens with one attached hydrogen (secondary N) is 1. The van der Waals surface area contributed by atoms with E-state index in [1.54, 1.807) is 14.0 Å². The number of carboxylic acid groups (broad SMARTS) is 1. The molecule has 0 radical (unpaired) electrons. The molecule has 0 bridgehead atoms. The van der Waals surface area contributed by atoms with Crippen LogP contribution >= 0.6 is 0 Å². The van der Waals surface area contributed by atoms with Gasteiger partial charge in [0.25, 0.3) is 0 Å². The number of rotatable bonds is 4. The van der Waals surface area contributed by atoms with Gasteiger partial charge in [0.15, 0.2) is 0 Å². The van der Waals surface area contributed by atoms with Gasteiger partial charge in [0.2, 0.25) is 0 Å². The average molecular weight is 229 g/mol. The van der Waals surface area contributed by atoms with Crippen LogP contribution in [0.3, 0.4) is 0 Å². The van der Waals surface area contributed by atoms with Crippen LogP contribution in [-0.4, -0.2) is 73.2 Å². The third kappa shape index (κ3) is 3.43. The Morgan fingerprint density at radius 1 is 1.38 bits per heavy atom. The van der Waals surface area contributed by atoms with Crippen LogP contribution in [0.25, 0.3) is 0 Å². The number of carboxylic acids is 1. The standard InChI is InChI=1S/C11H23N3O2/c1-11(12-2,10(15)16)9-14-6-4-5-13(3)7-8-14/h12H,4-9H2,1-3H3,(H,15,16). The number of carbonyl (C=O) groups is 1. The lowest BCUT2D eigenvalue weighted by molar-refractivity contribution is -0.144. The largest absolute Gasteiger partial charge is 0.480 e. The maximum Gasteiger partial charge on any atom is 0.324 e. The molecule has 94 valence electrons. The highest BCUT2D eigenvalue weighted by molar-refractivity contribution is 5.78. The predicted molar refractivity (Wildman–Crippen MR) is 63.7 cm³/mol. The molecule has 1 rings (SSSR count). The lowest BCUT2D eigenvalue weighted by Gasteiger charge is -2.31. The fourth-order valence-corrected chi connectivity index (χ4v) is 1.96. The molecule has 0 saturated carbocycles. The van der Waals surface area contributed by atoms with Crippen molar-refractivity contribution in [2.45, 2.75) is 18.9 Å². The van der Waals surface area contributed by atoms with E-state index in [0.717, 1.165) is 32.6 Å². The molecule has 5 heteroatoms. The van der Waals surface area contributed by atoms with Crippen LogP contribution in [0.4, 0.5) is 0 Å². The van der Waals surface area contributed by atoms with E-state index in [1.165, 1.54) is 0 Å². The summed E-state index contributed by atoms with van der Waals surface area (Å²) in [4.78, 5) is 15.7. The number of likely N-dealkylation sites (N-methyl/N-ethyl adjacent to an activating group) is 2. The summed E-state index contributed by atoms with van der Waals surface area (Å²) in [6.45, 7) is 6.34. The topological polar surface area (TPSA) is 55.8 Å². The Morgan fingerprint density at radius 3 is 2.62 bits per heavy atom. The maximum absolute atomic E-state index is 11.2. The minimum absolute atomic E-state index is 0.562. The van der Waals surface area contributed by atoms with Gasteiger partial charge in [-0.15, -0.1) is 0 Å². The van der Waals surface area contributed by atoms with Crippen LogP contribution in [0.15, 0.2) is 0 Å². The molecular weight excluding hydrogens is 206 g/mol. The number of hydrogen-bond acceptors (Lipinski definition) is 4. The van der Waals surface area contributed by atoms with E-state index >= 15 is 0 Å². The summed E-state index contributed by atoms with van der Waals surface area (Å²) in [5.41, 5.74) is -0.844. The molecule has 2 N–H and O–H groups in total. The van der Waals surface area contributed by atoms with E-state index in [2.05, 4.69) is 22.2 Å². The summed E-state index contributed by atoms with van der Waals surface area (Å²) in [5, 5.41) is 12.1. The minimum atomic E-state index is -0.844. The monoisotopic (exact) mass is 229 g/mol. The van der Waals surface area contributed by atoms with Crippen molar-refractivity contribution in [3.63, 3.8) is 0 Å². The van der Waals surface area contributed by atoms with E-state index in [-0.39, 0.29) is 0 Å². The molecule has 16 heavy (non-hydrogen) atoms. The Morgan fingerprint density at radius 2 is 2.06 bits per heavy atom. The van der Waals surface area contributed by atoms with Gasteiger partial charge in [0, 0.05) is 19.6 Å². The fraction of sp³-hybridized carbons (Fsp3) is 0.909. The van der Waals surface area contributed by atoms with E-state index in [1.807, 2.05) is 0 Å². The predicted octanol–water partition coefficient (Wildman–Crippen LogP) is -0.313. The molecule has 0 aromatic rings. The summed E-state index contributed by atoms with van der Waals surface area (Å²) in [6.07, 6.45) is 1.11. The second kappa shape index (κ2) is 5.61. The van der Waals surface area contributed by atoms with Crippen LogP contribution < -0.4 is 5.32 Å². The summed E-state index contributed by atoms with van der Waals surface area (Å²) in [6, 6.07) is 0. The number of aliphatic carboxylic acids is 1. The van der Waals surface area contributed by atoms with E-state index < -0.39 is 11.5 Å². The molecule has 0 aromatic carbocycles. The quantitative estimate of drug-likeness (QED) is 0.692. The summed E-state index contributed by atoms with van der Waals surface area (Å²) in [5.74, 6) is -0.785. The molecule has 1 atom stereocenters. The zero-order valence-corrected chi connectivity index (χ0v) is 10.5. The highest BCUT2D eigenvalue weighted by atomic mass is 16.4. The first-order valence-corrected chi connectivity index (χ1v) is 5.81. The molecule has 1 fully saturated rings. The van der Waals surface area contributed by atoms with Crippen molar-refractivity contribution in [2.75, 3.05) is 46.8 Å². The molecule has 1 heterocycles. The van der Waals surface area contributed by atoms with Gasteiger partial charge in [-0.05, 0) is 40.5 Å². The normalized spacial score (nSPS) is 23.7. The third-order valence-electron chi connectivity index (χ3n) is 3.38. The van der Waals surface area contributed by atoms with Crippen LogP contribution in [0.1, 0.15) is 13.3 Å². The van der Waals surface area contributed by atoms with Gasteiger partial charge in [-0.2, -0.15) is 0 Å². The third-order valence-corrected chi connectivity index (χ3v) is 3.38. The van der Waals surface area contributed by atoms with Gasteiger partial charge in [-0.25, -0.2) is 0 Å². The smallest absolute Gasteiger partial charge is 0.324 e. The van der Waals surface area contributed by atoms with Gasteiger partial charge in [-0.1, -0.05) is 0 Å². The van der Waals surface area contributed by atoms with Gasteiger partial charge < -0.3 is 15.3 Å². The average Bonchev–Trinajstić information content (AvgIpc) is 2.43. The molecule has 5 nitrogen and oxygen atoms in total. The Hall–Kier alpha value is -0.650. The lowest BCUT2D eigenvalue weighted by Crippen LogP contribution is -2.56. The molecule has 1 aliphatic rings. The fourth-order valence-electron chi connectivity index (χ4n) is 1.96. The van der Waals surface area contributed by atoms with Gasteiger partial charge in [-0.3, -0.25) is 9.69 Å². The first kappa shape index (κ1) is 13.4. The SMILES string of the molecule is CNC(C)(CN1CCCN(C)CC1)C(=O)O. The second-order valence-electron chi connectivity index (χ2n) is 4.82. The van der Waals surface area contributed by atoms with Crippen molar-refractivity contribution in [1.29, 1.82) is 0 Å². The van der Waals surface area contributed by atoms with Crippen molar-refractivity contribution >= 4 is 5.97 Å². The molecule has 0 spiro atoms. The Kier molecular flexibility index (Phi) is 4.70. The summed E-state index contributed by atoms with van der Waals surface area (Å²) in [7, 11) is 3.82. The van der Waals surface area contributed by atoms with Crippen LogP contribution in [0, 0.1) is 0 Å². The molecule has 1 saturated heterocycles. The van der Waals surface area contributed by atoms with E-state index in [4.69, 9.17) is 0 Å². The van der Waals surface area contributed by atoms with Gasteiger partial charge in [0.05, 0.1) is 0 Å². The van der Waals surface area contributed by atoms with Crippen molar-refractivity contribution in [3.8, 4) is 0 Å². The van der Waals surface area contributed by atoms with Crippen molar-refractivity contribution < 1.29 is 9.90 Å². The maximum atomic E-state index is 11.2. The molecule has 1 unspecified atom stereocenters.